The molecule has 0 atom stereocenters. The Morgan fingerprint density at radius 3 is 1.49 bits per heavy atom. The third kappa shape index (κ3) is 9.68. The van der Waals surface area contributed by atoms with Gasteiger partial charge in [0.05, 0.1) is 16.7 Å². The highest BCUT2D eigenvalue weighted by Crippen LogP contribution is 2.20. The molecule has 0 radical (unpaired) electrons. The first-order valence-electron chi connectivity index (χ1n) is 10.7. The number of nitrogen functional groups attached to an aromatic ring is 2. The number of hydrogen-bond acceptors (Lipinski definition) is 5. The van der Waals surface area contributed by atoms with E-state index in [1.807, 2.05) is 47.6 Å². The Hall–Kier alpha value is -4.33. The lowest BCUT2D eigenvalue weighted by Crippen LogP contribution is -2.04. The first kappa shape index (κ1) is 34.8. The van der Waals surface area contributed by atoms with E-state index < -0.39 is 17.9 Å². The van der Waals surface area contributed by atoms with Crippen molar-refractivity contribution in [1.82, 2.24) is 0 Å². The van der Waals surface area contributed by atoms with E-state index in [0.29, 0.717) is 16.9 Å². The minimum Gasteiger partial charge on any atom is -0.478 e. The average Bonchev–Trinajstić information content (AvgIpc) is 2.77. The van der Waals surface area contributed by atoms with Gasteiger partial charge < -0.3 is 26.8 Å². The van der Waals surface area contributed by atoms with Crippen LogP contribution in [0.1, 0.15) is 79.3 Å². The van der Waals surface area contributed by atoms with Gasteiger partial charge in [0, 0.05) is 11.4 Å². The Labute approximate surface area is 219 Å². The summed E-state index contributed by atoms with van der Waals surface area (Å²) in [7, 11) is 0. The maximum atomic E-state index is 10.6. The first-order chi connectivity index (χ1) is 16.2. The summed E-state index contributed by atoms with van der Waals surface area (Å²) in [6.07, 6.45) is 0. The Bertz CT molecular complexity index is 1240. The fourth-order valence-electron chi connectivity index (χ4n) is 2.91. The number of aryl methyl sites for hydroxylation is 4. The summed E-state index contributed by atoms with van der Waals surface area (Å²) in [6, 6.07) is 11.5. The van der Waals surface area contributed by atoms with Gasteiger partial charge in [0.25, 0.3) is 0 Å². The van der Waals surface area contributed by atoms with Crippen LogP contribution in [-0.2, 0) is 0 Å². The van der Waals surface area contributed by atoms with Crippen molar-refractivity contribution in [3.63, 3.8) is 0 Å². The molecule has 0 spiro atoms. The molecular weight excluding hydrogens is 472 g/mol. The zero-order chi connectivity index (χ0) is 27.0. The zero-order valence-corrected chi connectivity index (χ0v) is 20.8. The molecule has 7 N–H and O–H groups in total. The molecule has 0 amide bonds. The molecule has 37 heavy (non-hydrogen) atoms. The number of aromatic carboxylic acids is 3. The van der Waals surface area contributed by atoms with Crippen molar-refractivity contribution in [2.75, 3.05) is 11.5 Å². The number of carboxylic acids is 3. The standard InChI is InChI=1S/2C9H11NO2.C9H10O2.2CH4/c1-5-3-7(9(11)12)4-8(10)6(5)2;1-5-3-4-7(9(11)12)8(10)6(5)2;1-6-3-4-8(9(10)11)5-7(6)2;;/h2*3-4H,10H2,1-2H3,(H,11,12);3-5H,1-2H3,(H,10,11);2*1H4. The van der Waals surface area contributed by atoms with Crippen molar-refractivity contribution in [2.45, 2.75) is 56.4 Å². The molecule has 3 aromatic rings. The van der Waals surface area contributed by atoms with Gasteiger partial charge in [-0.15, -0.1) is 0 Å². The van der Waals surface area contributed by atoms with Crippen molar-refractivity contribution in [3.05, 3.63) is 92.5 Å². The molecule has 3 rings (SSSR count). The van der Waals surface area contributed by atoms with E-state index >= 15 is 0 Å². The number of nitrogens with two attached hydrogens (primary N) is 2. The monoisotopic (exact) mass is 512 g/mol. The Morgan fingerprint density at radius 2 is 1.05 bits per heavy atom. The van der Waals surface area contributed by atoms with Gasteiger partial charge in [-0.25, -0.2) is 14.4 Å². The number of carboxylic acid groups (broad SMARTS) is 3. The summed E-state index contributed by atoms with van der Waals surface area (Å²) >= 11 is 0. The highest BCUT2D eigenvalue weighted by Gasteiger charge is 2.10. The molecule has 202 valence electrons. The van der Waals surface area contributed by atoms with Crippen LogP contribution in [0.15, 0.2) is 42.5 Å². The van der Waals surface area contributed by atoms with Crippen LogP contribution in [0.5, 0.6) is 0 Å². The third-order valence-corrected chi connectivity index (χ3v) is 5.72. The van der Waals surface area contributed by atoms with Crippen LogP contribution in [0.3, 0.4) is 0 Å². The van der Waals surface area contributed by atoms with Crippen LogP contribution in [0.2, 0.25) is 0 Å². The van der Waals surface area contributed by atoms with Crippen LogP contribution in [0.4, 0.5) is 11.4 Å². The summed E-state index contributed by atoms with van der Waals surface area (Å²) in [5.74, 6) is -2.78. The fraction of sp³-hybridized carbons (Fsp3) is 0.276. The molecule has 0 saturated carbocycles. The first-order valence-corrected chi connectivity index (χ1v) is 10.7. The molecule has 0 saturated heterocycles. The van der Waals surface area contributed by atoms with E-state index in [1.54, 1.807) is 24.3 Å². The molecule has 0 bridgehead atoms. The molecule has 3 aromatic carbocycles. The van der Waals surface area contributed by atoms with E-state index in [1.165, 1.54) is 12.1 Å². The molecule has 0 aliphatic heterocycles. The number of carbonyl (C=O) groups is 3. The van der Waals surface area contributed by atoms with Gasteiger partial charge >= 0.3 is 17.9 Å². The largest absolute Gasteiger partial charge is 0.478 e. The average molecular weight is 513 g/mol. The van der Waals surface area contributed by atoms with Gasteiger partial charge in [-0.1, -0.05) is 27.0 Å². The van der Waals surface area contributed by atoms with E-state index in [9.17, 15) is 14.4 Å². The fourth-order valence-corrected chi connectivity index (χ4v) is 2.91. The van der Waals surface area contributed by atoms with Crippen LogP contribution in [0, 0.1) is 41.5 Å². The summed E-state index contributed by atoms with van der Waals surface area (Å²) in [5.41, 5.74) is 18.7. The summed E-state index contributed by atoms with van der Waals surface area (Å²) in [4.78, 5) is 31.6. The summed E-state index contributed by atoms with van der Waals surface area (Å²) in [5, 5.41) is 26.0. The molecule has 8 nitrogen and oxygen atoms in total. The number of hydrogen-bond donors (Lipinski definition) is 5. The second kappa shape index (κ2) is 14.9. The highest BCUT2D eigenvalue weighted by atomic mass is 16.4. The molecule has 0 aliphatic rings. The second-order valence-corrected chi connectivity index (χ2v) is 8.19. The van der Waals surface area contributed by atoms with Crippen molar-refractivity contribution in [1.29, 1.82) is 0 Å². The molecule has 0 fully saturated rings. The molecule has 0 unspecified atom stereocenters. The predicted molar refractivity (Wildman–Crippen MR) is 151 cm³/mol. The van der Waals surface area contributed by atoms with Gasteiger partial charge in [0.2, 0.25) is 0 Å². The third-order valence-electron chi connectivity index (χ3n) is 5.72. The smallest absolute Gasteiger partial charge is 0.337 e. The highest BCUT2D eigenvalue weighted by molar-refractivity contribution is 5.94. The summed E-state index contributed by atoms with van der Waals surface area (Å²) in [6.45, 7) is 11.3. The van der Waals surface area contributed by atoms with Gasteiger partial charge in [-0.2, -0.15) is 0 Å². The topological polar surface area (TPSA) is 164 Å². The van der Waals surface area contributed by atoms with Crippen LogP contribution >= 0.6 is 0 Å². The van der Waals surface area contributed by atoms with E-state index in [-0.39, 0.29) is 26.0 Å². The molecule has 0 heterocycles. The Kier molecular flexibility index (Phi) is 14.1. The second-order valence-electron chi connectivity index (χ2n) is 8.19. The normalized spacial score (nSPS) is 9.24. The molecular formula is C29H40N2O6. The van der Waals surface area contributed by atoms with E-state index in [4.69, 9.17) is 26.8 Å². The van der Waals surface area contributed by atoms with Crippen molar-refractivity contribution < 1.29 is 29.7 Å². The number of anilines is 2. The Balaban J connectivity index is 0. The lowest BCUT2D eigenvalue weighted by molar-refractivity contribution is 0.0686. The lowest BCUT2D eigenvalue weighted by Gasteiger charge is -2.06. The van der Waals surface area contributed by atoms with E-state index in [0.717, 1.165) is 33.4 Å². The predicted octanol–water partition coefficient (Wildman–Crippen LogP) is 6.44. The van der Waals surface area contributed by atoms with E-state index in [2.05, 4.69) is 0 Å². The summed E-state index contributed by atoms with van der Waals surface area (Å²) < 4.78 is 0. The maximum absolute atomic E-state index is 10.6. The molecule has 0 aromatic heterocycles. The van der Waals surface area contributed by atoms with Gasteiger partial charge in [0.1, 0.15) is 0 Å². The maximum Gasteiger partial charge on any atom is 0.337 e. The van der Waals surface area contributed by atoms with Crippen LogP contribution in [0.25, 0.3) is 0 Å². The Morgan fingerprint density at radius 1 is 0.568 bits per heavy atom. The SMILES string of the molecule is C.C.Cc1cc(C(=O)O)cc(N)c1C.Cc1ccc(C(=O)O)c(N)c1C.Cc1ccc(C(=O)O)cc1C. The van der Waals surface area contributed by atoms with Crippen molar-refractivity contribution in [3.8, 4) is 0 Å². The minimum absolute atomic E-state index is 0. The van der Waals surface area contributed by atoms with Crippen LogP contribution < -0.4 is 11.5 Å². The quantitative estimate of drug-likeness (QED) is 0.250. The van der Waals surface area contributed by atoms with Crippen LogP contribution in [-0.4, -0.2) is 33.2 Å². The van der Waals surface area contributed by atoms with Crippen molar-refractivity contribution in [2.24, 2.45) is 0 Å². The van der Waals surface area contributed by atoms with Crippen molar-refractivity contribution >= 4 is 29.3 Å². The zero-order valence-electron chi connectivity index (χ0n) is 20.8. The minimum atomic E-state index is -0.976. The molecule has 0 aliphatic carbocycles. The van der Waals surface area contributed by atoms with Gasteiger partial charge in [-0.3, -0.25) is 0 Å². The van der Waals surface area contributed by atoms with Gasteiger partial charge in [0.15, 0.2) is 0 Å². The van der Waals surface area contributed by atoms with Gasteiger partial charge in [-0.05, 0) is 105 Å². The molecule has 8 heteroatoms. The number of benzene rings is 3. The lowest BCUT2D eigenvalue weighted by atomic mass is 10.0. The number of rotatable bonds is 3.